The third kappa shape index (κ3) is 2.91. The van der Waals surface area contributed by atoms with Crippen LogP contribution in [0.5, 0.6) is 5.75 Å². The molecule has 0 aliphatic carbocycles. The quantitative estimate of drug-likeness (QED) is 0.812. The minimum atomic E-state index is -0.668. The van der Waals surface area contributed by atoms with Gasteiger partial charge in [0.1, 0.15) is 11.6 Å². The monoisotopic (exact) mass is 259 g/mol. The van der Waals surface area contributed by atoms with Gasteiger partial charge in [-0.3, -0.25) is 4.79 Å². The number of halogens is 1. The lowest BCUT2D eigenvalue weighted by atomic mass is 10.1. The molecule has 19 heavy (non-hydrogen) atoms. The van der Waals surface area contributed by atoms with Crippen molar-refractivity contribution in [2.45, 2.75) is 13.8 Å². The molecule has 0 aromatic heterocycles. The normalized spacial score (nSPS) is 10.3. The highest BCUT2D eigenvalue weighted by atomic mass is 19.1. The molecule has 0 saturated carbocycles. The molecule has 0 aliphatic heterocycles. The van der Waals surface area contributed by atoms with Gasteiger partial charge >= 0.3 is 0 Å². The highest BCUT2D eigenvalue weighted by Gasteiger charge is 2.11. The molecular weight excluding hydrogens is 245 g/mol. The number of hydrogen-bond donors (Lipinski definition) is 2. The van der Waals surface area contributed by atoms with Crippen LogP contribution in [-0.2, 0) is 0 Å². The van der Waals surface area contributed by atoms with Gasteiger partial charge in [-0.15, -0.1) is 0 Å². The maximum Gasteiger partial charge on any atom is 0.256 e. The van der Waals surface area contributed by atoms with Gasteiger partial charge in [0.05, 0.1) is 5.69 Å². The second-order valence-corrected chi connectivity index (χ2v) is 4.44. The number of carbonyl (C=O) groups excluding carboxylic acids is 1. The molecule has 0 atom stereocenters. The van der Waals surface area contributed by atoms with Crippen molar-refractivity contribution in [2.75, 3.05) is 5.32 Å². The van der Waals surface area contributed by atoms with Crippen molar-refractivity contribution < 1.29 is 14.3 Å². The molecule has 0 radical (unpaired) electrons. The molecular formula is C15H14FNO2. The van der Waals surface area contributed by atoms with Crippen LogP contribution in [0.25, 0.3) is 0 Å². The number of hydrogen-bond acceptors (Lipinski definition) is 2. The zero-order valence-corrected chi connectivity index (χ0v) is 10.7. The largest absolute Gasteiger partial charge is 0.508 e. The number of nitrogens with one attached hydrogen (secondary N) is 1. The summed E-state index contributed by atoms with van der Waals surface area (Å²) in [5, 5.41) is 11.6. The first-order valence-corrected chi connectivity index (χ1v) is 5.84. The lowest BCUT2D eigenvalue weighted by Crippen LogP contribution is -2.14. The van der Waals surface area contributed by atoms with Crippen molar-refractivity contribution in [2.24, 2.45) is 0 Å². The Kier molecular flexibility index (Phi) is 3.51. The minimum absolute atomic E-state index is 0.0442. The maximum absolute atomic E-state index is 13.5. The Morgan fingerprint density at radius 2 is 1.89 bits per heavy atom. The van der Waals surface area contributed by atoms with E-state index in [2.05, 4.69) is 5.32 Å². The van der Waals surface area contributed by atoms with E-state index in [1.807, 2.05) is 26.0 Å². The van der Waals surface area contributed by atoms with Crippen LogP contribution in [0.1, 0.15) is 21.5 Å². The van der Waals surface area contributed by atoms with Gasteiger partial charge in [0, 0.05) is 11.6 Å². The first-order chi connectivity index (χ1) is 8.97. The zero-order chi connectivity index (χ0) is 14.0. The summed E-state index contributed by atoms with van der Waals surface area (Å²) in [6.07, 6.45) is 0. The summed E-state index contributed by atoms with van der Waals surface area (Å²) in [6, 6.07) is 9.03. The lowest BCUT2D eigenvalue weighted by Gasteiger charge is -2.09. The highest BCUT2D eigenvalue weighted by Crippen LogP contribution is 2.20. The Bertz CT molecular complexity index is 638. The average Bonchev–Trinajstić information content (AvgIpc) is 2.32. The third-order valence-electron chi connectivity index (χ3n) is 2.83. The van der Waals surface area contributed by atoms with Gasteiger partial charge in [0.2, 0.25) is 0 Å². The molecule has 0 spiro atoms. The van der Waals surface area contributed by atoms with E-state index in [4.69, 9.17) is 5.11 Å². The number of amides is 1. The van der Waals surface area contributed by atoms with Gasteiger partial charge < -0.3 is 10.4 Å². The Balaban J connectivity index is 2.25. The number of aromatic hydroxyl groups is 1. The van der Waals surface area contributed by atoms with Crippen molar-refractivity contribution in [1.82, 2.24) is 0 Å². The van der Waals surface area contributed by atoms with Crippen LogP contribution < -0.4 is 5.32 Å². The fraction of sp³-hybridized carbons (Fsp3) is 0.133. The van der Waals surface area contributed by atoms with Crippen LogP contribution in [0, 0.1) is 19.7 Å². The Morgan fingerprint density at radius 1 is 1.16 bits per heavy atom. The average molecular weight is 259 g/mol. The van der Waals surface area contributed by atoms with Gasteiger partial charge in [-0.25, -0.2) is 4.39 Å². The molecule has 0 unspecified atom stereocenters. The van der Waals surface area contributed by atoms with Crippen molar-refractivity contribution >= 4 is 11.6 Å². The Labute approximate surface area is 110 Å². The van der Waals surface area contributed by atoms with Crippen molar-refractivity contribution in [3.63, 3.8) is 0 Å². The Morgan fingerprint density at radius 3 is 2.53 bits per heavy atom. The number of rotatable bonds is 2. The summed E-state index contributed by atoms with van der Waals surface area (Å²) in [6.45, 7) is 3.77. The van der Waals surface area contributed by atoms with Crippen LogP contribution in [-0.4, -0.2) is 11.0 Å². The number of aryl methyl sites for hydroxylation is 2. The van der Waals surface area contributed by atoms with E-state index in [1.165, 1.54) is 12.1 Å². The molecule has 0 aliphatic rings. The second-order valence-electron chi connectivity index (χ2n) is 4.44. The predicted molar refractivity (Wildman–Crippen MR) is 71.9 cm³/mol. The lowest BCUT2D eigenvalue weighted by molar-refractivity contribution is 0.102. The molecule has 2 rings (SSSR count). The van der Waals surface area contributed by atoms with E-state index < -0.39 is 5.82 Å². The fourth-order valence-electron chi connectivity index (χ4n) is 1.86. The Hall–Kier alpha value is -2.36. The predicted octanol–water partition coefficient (Wildman–Crippen LogP) is 3.40. The molecule has 0 fully saturated rings. The van der Waals surface area contributed by atoms with E-state index in [0.717, 1.165) is 17.2 Å². The summed E-state index contributed by atoms with van der Waals surface area (Å²) in [5.41, 5.74) is 2.43. The number of phenolic OH excluding ortho intramolecular Hbond substituents is 1. The van der Waals surface area contributed by atoms with Crippen LogP contribution in [0.2, 0.25) is 0 Å². The topological polar surface area (TPSA) is 49.3 Å². The molecule has 0 bridgehead atoms. The van der Waals surface area contributed by atoms with Gasteiger partial charge in [-0.1, -0.05) is 17.7 Å². The minimum Gasteiger partial charge on any atom is -0.508 e. The van der Waals surface area contributed by atoms with Crippen LogP contribution in [0.3, 0.4) is 0 Å². The standard InChI is InChI=1S/C15H14FNO2/c1-9-3-5-12(10(2)7-9)15(19)17-14-6-4-11(18)8-13(14)16/h3-8,18H,1-2H3,(H,17,19). The first kappa shape index (κ1) is 13.1. The number of anilines is 1. The molecule has 2 aromatic carbocycles. The molecule has 2 aromatic rings. The number of carbonyl (C=O) groups is 1. The highest BCUT2D eigenvalue weighted by molar-refractivity contribution is 6.05. The van der Waals surface area contributed by atoms with Crippen molar-refractivity contribution in [1.29, 1.82) is 0 Å². The second kappa shape index (κ2) is 5.10. The molecule has 98 valence electrons. The van der Waals surface area contributed by atoms with Crippen molar-refractivity contribution in [3.05, 3.63) is 58.9 Å². The maximum atomic E-state index is 13.5. The van der Waals surface area contributed by atoms with E-state index in [1.54, 1.807) is 6.07 Å². The summed E-state index contributed by atoms with van der Waals surface area (Å²) in [7, 11) is 0. The summed E-state index contributed by atoms with van der Waals surface area (Å²) in [5.74, 6) is -1.22. The summed E-state index contributed by atoms with van der Waals surface area (Å²) < 4.78 is 13.5. The summed E-state index contributed by atoms with van der Waals surface area (Å²) >= 11 is 0. The number of benzene rings is 2. The van der Waals surface area contributed by atoms with Crippen LogP contribution in [0.4, 0.5) is 10.1 Å². The van der Waals surface area contributed by atoms with Gasteiger partial charge in [-0.2, -0.15) is 0 Å². The zero-order valence-electron chi connectivity index (χ0n) is 10.7. The molecule has 2 N–H and O–H groups in total. The summed E-state index contributed by atoms with van der Waals surface area (Å²) in [4.78, 5) is 12.0. The van der Waals surface area contributed by atoms with E-state index in [-0.39, 0.29) is 17.3 Å². The molecule has 1 amide bonds. The van der Waals surface area contributed by atoms with Gasteiger partial charge in [0.25, 0.3) is 5.91 Å². The van der Waals surface area contributed by atoms with Crippen molar-refractivity contribution in [3.8, 4) is 5.75 Å². The molecule has 4 heteroatoms. The van der Waals surface area contributed by atoms with Crippen LogP contribution in [0.15, 0.2) is 36.4 Å². The van der Waals surface area contributed by atoms with E-state index >= 15 is 0 Å². The van der Waals surface area contributed by atoms with E-state index in [9.17, 15) is 9.18 Å². The first-order valence-electron chi connectivity index (χ1n) is 5.84. The third-order valence-corrected chi connectivity index (χ3v) is 2.83. The van der Waals surface area contributed by atoms with Crippen LogP contribution >= 0.6 is 0 Å². The molecule has 0 saturated heterocycles. The fourth-order valence-corrected chi connectivity index (χ4v) is 1.86. The van der Waals surface area contributed by atoms with Gasteiger partial charge in [-0.05, 0) is 37.6 Å². The SMILES string of the molecule is Cc1ccc(C(=O)Nc2ccc(O)cc2F)c(C)c1. The number of phenols is 1. The van der Waals surface area contributed by atoms with E-state index in [0.29, 0.717) is 5.56 Å². The molecule has 0 heterocycles. The van der Waals surface area contributed by atoms with Gasteiger partial charge in [0.15, 0.2) is 0 Å². The smallest absolute Gasteiger partial charge is 0.256 e. The molecule has 3 nitrogen and oxygen atoms in total.